The first kappa shape index (κ1) is 15.4. The highest BCUT2D eigenvalue weighted by Crippen LogP contribution is 2.23. The van der Waals surface area contributed by atoms with E-state index in [2.05, 4.69) is 10.2 Å². The van der Waals surface area contributed by atoms with Crippen LogP contribution in [0.15, 0.2) is 4.90 Å². The van der Waals surface area contributed by atoms with Crippen molar-refractivity contribution in [3.05, 3.63) is 11.4 Å². The molecule has 0 saturated carbocycles. The summed E-state index contributed by atoms with van der Waals surface area (Å²) >= 11 is 0. The first-order valence-electron chi connectivity index (χ1n) is 6.13. The molecule has 0 radical (unpaired) electrons. The van der Waals surface area contributed by atoms with Crippen molar-refractivity contribution in [1.82, 2.24) is 14.5 Å². The van der Waals surface area contributed by atoms with Gasteiger partial charge in [0, 0.05) is 13.1 Å². The SMILES string of the molecule is Cc1[nH]nc(CO)c1S(=O)(=O)N1CCCS(=O)(=O)CC1. The van der Waals surface area contributed by atoms with Crippen LogP contribution in [0.1, 0.15) is 17.8 Å². The molecule has 1 aromatic heterocycles. The zero-order chi connectivity index (χ0) is 15.0. The third kappa shape index (κ3) is 2.87. The van der Waals surface area contributed by atoms with E-state index in [0.717, 1.165) is 4.31 Å². The normalized spacial score (nSPS) is 20.7. The number of H-pyrrole nitrogens is 1. The molecule has 0 spiro atoms. The van der Waals surface area contributed by atoms with Gasteiger partial charge < -0.3 is 5.11 Å². The molecule has 0 aromatic carbocycles. The minimum atomic E-state index is -3.85. The van der Waals surface area contributed by atoms with E-state index in [9.17, 15) is 21.9 Å². The fourth-order valence-corrected chi connectivity index (χ4v) is 5.39. The molecule has 2 N–H and O–H groups in total. The van der Waals surface area contributed by atoms with E-state index >= 15 is 0 Å². The molecule has 1 aromatic rings. The number of rotatable bonds is 3. The van der Waals surface area contributed by atoms with Crippen molar-refractivity contribution in [2.75, 3.05) is 24.6 Å². The van der Waals surface area contributed by atoms with E-state index < -0.39 is 26.5 Å². The molecule has 1 aliphatic heterocycles. The highest BCUT2D eigenvalue weighted by Gasteiger charge is 2.33. The standard InChI is InChI=1S/C10H17N3O5S2/c1-8-10(9(7-14)12-11-8)20(17,18)13-3-2-5-19(15,16)6-4-13/h14H,2-7H2,1H3,(H,11,12). The number of aromatic amines is 1. The summed E-state index contributed by atoms with van der Waals surface area (Å²) in [6.07, 6.45) is 0.271. The molecule has 0 bridgehead atoms. The number of nitrogens with zero attached hydrogens (tertiary/aromatic N) is 2. The van der Waals surface area contributed by atoms with Crippen LogP contribution in [-0.4, -0.2) is 61.0 Å². The van der Waals surface area contributed by atoms with Crippen LogP contribution >= 0.6 is 0 Å². The summed E-state index contributed by atoms with van der Waals surface area (Å²) < 4.78 is 49.4. The largest absolute Gasteiger partial charge is 0.390 e. The predicted molar refractivity (Wildman–Crippen MR) is 71.3 cm³/mol. The van der Waals surface area contributed by atoms with Crippen LogP contribution in [0.3, 0.4) is 0 Å². The fourth-order valence-electron chi connectivity index (χ4n) is 2.20. The second kappa shape index (κ2) is 5.43. The molecule has 20 heavy (non-hydrogen) atoms. The Morgan fingerprint density at radius 2 is 2.05 bits per heavy atom. The summed E-state index contributed by atoms with van der Waals surface area (Å²) in [4.78, 5) is -0.0562. The quantitative estimate of drug-likeness (QED) is 0.737. The summed E-state index contributed by atoms with van der Waals surface area (Å²) in [5.74, 6) is -0.187. The molecule has 2 rings (SSSR count). The van der Waals surface area contributed by atoms with Gasteiger partial charge in [0.2, 0.25) is 10.0 Å². The molecule has 8 nitrogen and oxygen atoms in total. The Morgan fingerprint density at radius 3 is 2.70 bits per heavy atom. The predicted octanol–water partition coefficient (Wildman–Crippen LogP) is -0.980. The van der Waals surface area contributed by atoms with Crippen molar-refractivity contribution in [3.63, 3.8) is 0 Å². The van der Waals surface area contributed by atoms with Crippen molar-refractivity contribution in [3.8, 4) is 0 Å². The van der Waals surface area contributed by atoms with Crippen LogP contribution in [-0.2, 0) is 26.5 Å². The number of hydrogen-bond donors (Lipinski definition) is 2. The maximum absolute atomic E-state index is 12.6. The second-order valence-corrected chi connectivity index (χ2v) is 8.87. The highest BCUT2D eigenvalue weighted by atomic mass is 32.2. The highest BCUT2D eigenvalue weighted by molar-refractivity contribution is 7.91. The van der Waals surface area contributed by atoms with Crippen molar-refractivity contribution >= 4 is 19.9 Å². The van der Waals surface area contributed by atoms with E-state index in [1.54, 1.807) is 6.92 Å². The maximum atomic E-state index is 12.6. The van der Waals surface area contributed by atoms with E-state index in [1.165, 1.54) is 0 Å². The number of hydrogen-bond acceptors (Lipinski definition) is 6. The molecule has 0 unspecified atom stereocenters. The van der Waals surface area contributed by atoms with Gasteiger partial charge in [0.25, 0.3) is 0 Å². The number of aliphatic hydroxyl groups is 1. The summed E-state index contributed by atoms with van der Waals surface area (Å²) in [6.45, 7) is 1.13. The van der Waals surface area contributed by atoms with Gasteiger partial charge in [-0.25, -0.2) is 16.8 Å². The maximum Gasteiger partial charge on any atom is 0.246 e. The molecule has 10 heteroatoms. The Labute approximate surface area is 117 Å². The van der Waals surface area contributed by atoms with Gasteiger partial charge in [-0.3, -0.25) is 5.10 Å². The molecular formula is C10H17N3O5S2. The summed E-state index contributed by atoms with van der Waals surface area (Å²) in [5.41, 5.74) is 0.385. The Hall–Kier alpha value is -0.970. The number of nitrogens with one attached hydrogen (secondary N) is 1. The number of sulfone groups is 1. The topological polar surface area (TPSA) is 120 Å². The van der Waals surface area contributed by atoms with E-state index in [4.69, 9.17) is 0 Å². The minimum absolute atomic E-state index is 0.00372. The number of sulfonamides is 1. The average Bonchev–Trinajstić information content (AvgIpc) is 2.64. The Morgan fingerprint density at radius 1 is 1.35 bits per heavy atom. The fraction of sp³-hybridized carbons (Fsp3) is 0.700. The molecule has 1 aliphatic rings. The zero-order valence-electron chi connectivity index (χ0n) is 11.0. The molecule has 1 saturated heterocycles. The lowest BCUT2D eigenvalue weighted by molar-refractivity contribution is 0.273. The van der Waals surface area contributed by atoms with Gasteiger partial charge >= 0.3 is 0 Å². The molecule has 2 heterocycles. The lowest BCUT2D eigenvalue weighted by Crippen LogP contribution is -2.34. The van der Waals surface area contributed by atoms with Crippen LogP contribution in [0, 0.1) is 6.92 Å². The summed E-state index contributed by atoms with van der Waals surface area (Å²) in [5, 5.41) is 15.5. The van der Waals surface area contributed by atoms with Crippen molar-refractivity contribution < 1.29 is 21.9 Å². The van der Waals surface area contributed by atoms with Gasteiger partial charge in [0.1, 0.15) is 10.6 Å². The van der Waals surface area contributed by atoms with Crippen LogP contribution in [0.2, 0.25) is 0 Å². The van der Waals surface area contributed by atoms with Gasteiger partial charge in [0.15, 0.2) is 9.84 Å². The van der Waals surface area contributed by atoms with E-state index in [1.807, 2.05) is 0 Å². The zero-order valence-corrected chi connectivity index (χ0v) is 12.7. The van der Waals surface area contributed by atoms with Gasteiger partial charge in [-0.15, -0.1) is 0 Å². The molecule has 114 valence electrons. The lowest BCUT2D eigenvalue weighted by Gasteiger charge is -2.19. The first-order chi connectivity index (χ1) is 9.28. The van der Waals surface area contributed by atoms with E-state index in [0.29, 0.717) is 5.69 Å². The van der Waals surface area contributed by atoms with Gasteiger partial charge in [-0.05, 0) is 13.3 Å². The van der Waals surface area contributed by atoms with E-state index in [-0.39, 0.29) is 41.6 Å². The van der Waals surface area contributed by atoms with Gasteiger partial charge in [-0.2, -0.15) is 9.40 Å². The number of aromatic nitrogens is 2. The third-order valence-corrected chi connectivity index (χ3v) is 7.04. The van der Waals surface area contributed by atoms with Crippen molar-refractivity contribution in [2.24, 2.45) is 0 Å². The van der Waals surface area contributed by atoms with Crippen LogP contribution < -0.4 is 0 Å². The lowest BCUT2D eigenvalue weighted by atomic mass is 10.4. The van der Waals surface area contributed by atoms with Crippen molar-refractivity contribution in [2.45, 2.75) is 24.8 Å². The first-order valence-corrected chi connectivity index (χ1v) is 9.39. The smallest absolute Gasteiger partial charge is 0.246 e. The van der Waals surface area contributed by atoms with Crippen LogP contribution in [0.25, 0.3) is 0 Å². The van der Waals surface area contributed by atoms with Crippen LogP contribution in [0.5, 0.6) is 0 Å². The van der Waals surface area contributed by atoms with Crippen LogP contribution in [0.4, 0.5) is 0 Å². The number of aliphatic hydroxyl groups excluding tert-OH is 1. The van der Waals surface area contributed by atoms with Gasteiger partial charge in [-0.1, -0.05) is 0 Å². The van der Waals surface area contributed by atoms with Crippen molar-refractivity contribution in [1.29, 1.82) is 0 Å². The average molecular weight is 323 g/mol. The molecule has 0 amide bonds. The second-order valence-electron chi connectivity index (χ2n) is 4.69. The molecular weight excluding hydrogens is 306 g/mol. The van der Waals surface area contributed by atoms with Gasteiger partial charge in [0.05, 0.1) is 23.8 Å². The third-order valence-electron chi connectivity index (χ3n) is 3.22. The Kier molecular flexibility index (Phi) is 4.19. The molecule has 0 atom stereocenters. The monoisotopic (exact) mass is 323 g/mol. The summed E-state index contributed by atoms with van der Waals surface area (Å²) in [7, 11) is -7.04. The summed E-state index contributed by atoms with van der Waals surface area (Å²) in [6, 6.07) is 0. The molecule has 1 fully saturated rings. The molecule has 0 aliphatic carbocycles. The Balaban J connectivity index is 2.37. The minimum Gasteiger partial charge on any atom is -0.390 e. The Bertz CT molecular complexity index is 692. The number of aryl methyl sites for hydroxylation is 1.